The van der Waals surface area contributed by atoms with Crippen LogP contribution in [0.2, 0.25) is 0 Å². The fourth-order valence-electron chi connectivity index (χ4n) is 2.97. The summed E-state index contributed by atoms with van der Waals surface area (Å²) in [5.41, 5.74) is 0.986. The van der Waals surface area contributed by atoms with E-state index in [1.807, 2.05) is 6.07 Å². The molecule has 7 nitrogen and oxygen atoms in total. The van der Waals surface area contributed by atoms with Crippen LogP contribution in [0.5, 0.6) is 0 Å². The maximum absolute atomic E-state index is 5.35. The number of aliphatic imine (C=N–C) groups is 1. The Labute approximate surface area is 175 Å². The molecule has 2 rings (SSSR count). The predicted octanol–water partition coefficient (Wildman–Crippen LogP) is 2.11. The molecular formula is C18H35IN6O. The van der Waals surface area contributed by atoms with Crippen LogP contribution in [-0.4, -0.2) is 73.3 Å². The molecule has 150 valence electrons. The molecule has 1 aliphatic heterocycles. The Hall–Kier alpha value is -0.870. The van der Waals surface area contributed by atoms with Gasteiger partial charge in [0.15, 0.2) is 11.7 Å². The summed E-state index contributed by atoms with van der Waals surface area (Å²) >= 11 is 0. The molecule has 1 atom stereocenters. The molecule has 0 spiro atoms. The van der Waals surface area contributed by atoms with E-state index in [9.17, 15) is 0 Å². The average Bonchev–Trinajstić information content (AvgIpc) is 3.11. The summed E-state index contributed by atoms with van der Waals surface area (Å²) in [7, 11) is 1.79. The lowest BCUT2D eigenvalue weighted by molar-refractivity contribution is 0.107. The molecule has 26 heavy (non-hydrogen) atoms. The van der Waals surface area contributed by atoms with E-state index in [2.05, 4.69) is 58.3 Å². The highest BCUT2D eigenvalue weighted by atomic mass is 127. The van der Waals surface area contributed by atoms with Crippen molar-refractivity contribution in [2.75, 3.05) is 46.3 Å². The smallest absolute Gasteiger partial charge is 0.191 e. The van der Waals surface area contributed by atoms with Gasteiger partial charge in [0.1, 0.15) is 0 Å². The first kappa shape index (κ1) is 23.2. The number of halogens is 1. The van der Waals surface area contributed by atoms with Crippen molar-refractivity contribution in [1.29, 1.82) is 0 Å². The third-order valence-electron chi connectivity index (χ3n) is 4.86. The van der Waals surface area contributed by atoms with E-state index in [-0.39, 0.29) is 24.0 Å². The second-order valence-corrected chi connectivity index (χ2v) is 7.00. The maximum Gasteiger partial charge on any atom is 0.191 e. The molecule has 1 aliphatic rings. The molecule has 1 saturated heterocycles. The van der Waals surface area contributed by atoms with Gasteiger partial charge in [-0.25, -0.2) is 0 Å². The van der Waals surface area contributed by atoms with Crippen LogP contribution in [-0.2, 0) is 6.54 Å². The number of nitrogens with one attached hydrogen (secondary N) is 2. The zero-order valence-corrected chi connectivity index (χ0v) is 19.1. The molecule has 2 N–H and O–H groups in total. The Morgan fingerprint density at radius 1 is 1.23 bits per heavy atom. The SMILES string of the molecule is CCN1CCN(C(C)CNC(=NC)NCc2cc(C(C)C)no2)CC1.I. The molecule has 0 saturated carbocycles. The summed E-state index contributed by atoms with van der Waals surface area (Å²) in [5.74, 6) is 2.00. The summed E-state index contributed by atoms with van der Waals surface area (Å²) in [6.07, 6.45) is 0. The van der Waals surface area contributed by atoms with Crippen molar-refractivity contribution in [3.8, 4) is 0 Å². The highest BCUT2D eigenvalue weighted by Gasteiger charge is 2.20. The van der Waals surface area contributed by atoms with E-state index >= 15 is 0 Å². The topological polar surface area (TPSA) is 68.9 Å². The number of piperazine rings is 1. The van der Waals surface area contributed by atoms with Crippen molar-refractivity contribution in [2.24, 2.45) is 4.99 Å². The quantitative estimate of drug-likeness (QED) is 0.356. The number of guanidine groups is 1. The summed E-state index contributed by atoms with van der Waals surface area (Å²) in [6, 6.07) is 2.48. The monoisotopic (exact) mass is 478 g/mol. The van der Waals surface area contributed by atoms with Gasteiger partial charge in [0.25, 0.3) is 0 Å². The van der Waals surface area contributed by atoms with Gasteiger partial charge >= 0.3 is 0 Å². The largest absolute Gasteiger partial charge is 0.359 e. The summed E-state index contributed by atoms with van der Waals surface area (Å²) in [5, 5.41) is 10.8. The third kappa shape index (κ3) is 7.03. The molecule has 8 heteroatoms. The third-order valence-corrected chi connectivity index (χ3v) is 4.86. The highest BCUT2D eigenvalue weighted by Crippen LogP contribution is 2.13. The zero-order valence-electron chi connectivity index (χ0n) is 16.8. The lowest BCUT2D eigenvalue weighted by Crippen LogP contribution is -2.53. The van der Waals surface area contributed by atoms with Gasteiger partial charge in [-0.05, 0) is 19.4 Å². The number of aromatic nitrogens is 1. The molecule has 1 aromatic heterocycles. The molecule has 1 unspecified atom stereocenters. The Morgan fingerprint density at radius 3 is 2.46 bits per heavy atom. The fourth-order valence-corrected chi connectivity index (χ4v) is 2.97. The van der Waals surface area contributed by atoms with Crippen LogP contribution in [0, 0.1) is 0 Å². The second kappa shape index (κ2) is 11.8. The molecular weight excluding hydrogens is 443 g/mol. The molecule has 1 aromatic rings. The Balaban J connectivity index is 0.00000338. The summed E-state index contributed by atoms with van der Waals surface area (Å²) in [4.78, 5) is 9.33. The van der Waals surface area contributed by atoms with Crippen molar-refractivity contribution in [1.82, 2.24) is 25.6 Å². The van der Waals surface area contributed by atoms with Crippen molar-refractivity contribution < 1.29 is 4.52 Å². The normalized spacial score (nSPS) is 17.8. The molecule has 0 aromatic carbocycles. The number of hydrogen-bond acceptors (Lipinski definition) is 5. The number of hydrogen-bond donors (Lipinski definition) is 2. The van der Waals surface area contributed by atoms with Gasteiger partial charge in [0, 0.05) is 51.9 Å². The van der Waals surface area contributed by atoms with Crippen LogP contribution >= 0.6 is 24.0 Å². The van der Waals surface area contributed by atoms with Gasteiger partial charge in [0.2, 0.25) is 0 Å². The lowest BCUT2D eigenvalue weighted by atomic mass is 10.1. The molecule has 0 radical (unpaired) electrons. The number of likely N-dealkylation sites (N-methyl/N-ethyl adjacent to an activating group) is 1. The molecule has 0 bridgehead atoms. The van der Waals surface area contributed by atoms with Crippen molar-refractivity contribution in [2.45, 2.75) is 46.2 Å². The van der Waals surface area contributed by atoms with E-state index in [1.54, 1.807) is 7.05 Å². The first-order chi connectivity index (χ1) is 12.0. The van der Waals surface area contributed by atoms with Crippen LogP contribution in [0.25, 0.3) is 0 Å². The molecule has 0 aliphatic carbocycles. The fraction of sp³-hybridized carbons (Fsp3) is 0.778. The Morgan fingerprint density at radius 2 is 1.92 bits per heavy atom. The van der Waals surface area contributed by atoms with Crippen molar-refractivity contribution >= 4 is 29.9 Å². The minimum atomic E-state index is 0. The minimum Gasteiger partial charge on any atom is -0.359 e. The van der Waals surface area contributed by atoms with Gasteiger partial charge < -0.3 is 20.1 Å². The summed E-state index contributed by atoms with van der Waals surface area (Å²) < 4.78 is 5.35. The van der Waals surface area contributed by atoms with Crippen molar-refractivity contribution in [3.05, 3.63) is 17.5 Å². The van der Waals surface area contributed by atoms with Crippen LogP contribution in [0.1, 0.15) is 45.1 Å². The van der Waals surface area contributed by atoms with E-state index in [0.29, 0.717) is 18.5 Å². The van der Waals surface area contributed by atoms with E-state index in [0.717, 1.165) is 56.7 Å². The van der Waals surface area contributed by atoms with Crippen molar-refractivity contribution in [3.63, 3.8) is 0 Å². The highest BCUT2D eigenvalue weighted by molar-refractivity contribution is 14.0. The van der Waals surface area contributed by atoms with E-state index < -0.39 is 0 Å². The predicted molar refractivity (Wildman–Crippen MR) is 117 cm³/mol. The Bertz CT molecular complexity index is 540. The van der Waals surface area contributed by atoms with E-state index in [4.69, 9.17) is 4.52 Å². The standard InChI is InChI=1S/C18H34N6O.HI/c1-6-23-7-9-24(10-8-23)15(4)12-20-18(19-5)21-13-16-11-17(14(2)3)22-25-16;/h11,14-15H,6-10,12-13H2,1-5H3,(H2,19,20,21);1H. The van der Waals surface area contributed by atoms with Gasteiger partial charge in [-0.15, -0.1) is 24.0 Å². The van der Waals surface area contributed by atoms with Gasteiger partial charge in [0.05, 0.1) is 12.2 Å². The van der Waals surface area contributed by atoms with Gasteiger partial charge in [-0.2, -0.15) is 0 Å². The lowest BCUT2D eigenvalue weighted by Gasteiger charge is -2.37. The minimum absolute atomic E-state index is 0. The van der Waals surface area contributed by atoms with Gasteiger partial charge in [-0.1, -0.05) is 25.9 Å². The Kier molecular flexibility index (Phi) is 10.5. The zero-order chi connectivity index (χ0) is 18.2. The average molecular weight is 478 g/mol. The van der Waals surface area contributed by atoms with Crippen LogP contribution in [0.3, 0.4) is 0 Å². The van der Waals surface area contributed by atoms with Crippen LogP contribution < -0.4 is 10.6 Å². The molecule has 0 amide bonds. The molecule has 2 heterocycles. The number of rotatable bonds is 7. The number of nitrogens with zero attached hydrogens (tertiary/aromatic N) is 4. The maximum atomic E-state index is 5.35. The van der Waals surface area contributed by atoms with Gasteiger partial charge in [-0.3, -0.25) is 9.89 Å². The summed E-state index contributed by atoms with van der Waals surface area (Å²) in [6.45, 7) is 15.9. The second-order valence-electron chi connectivity index (χ2n) is 7.00. The molecule has 1 fully saturated rings. The van der Waals surface area contributed by atoms with Crippen LogP contribution in [0.4, 0.5) is 0 Å². The van der Waals surface area contributed by atoms with E-state index in [1.165, 1.54) is 0 Å². The van der Waals surface area contributed by atoms with Crippen LogP contribution in [0.15, 0.2) is 15.6 Å². The first-order valence-corrected chi connectivity index (χ1v) is 9.39. The first-order valence-electron chi connectivity index (χ1n) is 9.39.